The van der Waals surface area contributed by atoms with Crippen LogP contribution in [0, 0.1) is 6.92 Å². The van der Waals surface area contributed by atoms with Crippen LogP contribution in [0.2, 0.25) is 5.02 Å². The van der Waals surface area contributed by atoms with Gasteiger partial charge in [0.25, 0.3) is 0 Å². The summed E-state index contributed by atoms with van der Waals surface area (Å²) in [6, 6.07) is 9.21. The van der Waals surface area contributed by atoms with E-state index in [2.05, 4.69) is 10.4 Å². The highest BCUT2D eigenvalue weighted by molar-refractivity contribution is 6.32. The molecule has 1 heterocycles. The minimum atomic E-state index is -0.906. The van der Waals surface area contributed by atoms with E-state index in [1.165, 1.54) is 0 Å². The molecule has 0 saturated carbocycles. The molecule has 3 N–H and O–H groups in total. The van der Waals surface area contributed by atoms with Crippen LogP contribution in [-0.4, -0.2) is 21.2 Å². The van der Waals surface area contributed by atoms with Crippen LogP contribution in [0.1, 0.15) is 32.4 Å². The number of aryl methyl sites for hydroxylation is 1. The summed E-state index contributed by atoms with van der Waals surface area (Å²) in [4.78, 5) is 12.2. The molecule has 0 spiro atoms. The Morgan fingerprint density at radius 2 is 2.09 bits per heavy atom. The fraction of sp³-hybridized carbons (Fsp3) is 0.375. The quantitative estimate of drug-likeness (QED) is 0.857. The summed E-state index contributed by atoms with van der Waals surface area (Å²) in [5, 5.41) is 7.78. The van der Waals surface area contributed by atoms with Gasteiger partial charge in [-0.15, -0.1) is 17.5 Å². The van der Waals surface area contributed by atoms with E-state index >= 15 is 0 Å². The van der Waals surface area contributed by atoms with E-state index in [1.54, 1.807) is 23.7 Å². The Labute approximate surface area is 147 Å². The second-order valence-electron chi connectivity index (χ2n) is 5.66. The Hall–Kier alpha value is -1.56. The van der Waals surface area contributed by atoms with Gasteiger partial charge in [-0.1, -0.05) is 37.1 Å². The van der Waals surface area contributed by atoms with Gasteiger partial charge >= 0.3 is 0 Å². The molecule has 126 valence electrons. The van der Waals surface area contributed by atoms with E-state index in [9.17, 15) is 4.79 Å². The average molecular weight is 357 g/mol. The van der Waals surface area contributed by atoms with Crippen molar-refractivity contribution in [3.63, 3.8) is 0 Å². The van der Waals surface area contributed by atoms with Gasteiger partial charge in [0.15, 0.2) is 5.82 Å². The first kappa shape index (κ1) is 19.5. The number of halogens is 2. The lowest BCUT2D eigenvalue weighted by Gasteiger charge is -2.21. The van der Waals surface area contributed by atoms with Crippen LogP contribution in [0.25, 0.3) is 5.69 Å². The molecule has 0 saturated heterocycles. The maximum atomic E-state index is 12.2. The molecule has 1 amide bonds. The van der Waals surface area contributed by atoms with Crippen molar-refractivity contribution >= 4 is 35.7 Å². The van der Waals surface area contributed by atoms with Crippen molar-refractivity contribution in [1.29, 1.82) is 0 Å². The van der Waals surface area contributed by atoms with Gasteiger partial charge in [0.2, 0.25) is 5.91 Å². The average Bonchev–Trinajstić information content (AvgIpc) is 2.80. The van der Waals surface area contributed by atoms with E-state index in [0.717, 1.165) is 17.8 Å². The zero-order valence-corrected chi connectivity index (χ0v) is 15.0. The molecule has 1 atom stereocenters. The molecule has 0 radical (unpaired) electrons. The predicted octanol–water partition coefficient (Wildman–Crippen LogP) is 3.71. The Balaban J connectivity index is 0.00000264. The van der Waals surface area contributed by atoms with Crippen LogP contribution in [0.15, 0.2) is 30.3 Å². The van der Waals surface area contributed by atoms with Gasteiger partial charge in [0, 0.05) is 11.8 Å². The summed E-state index contributed by atoms with van der Waals surface area (Å²) in [7, 11) is 0. The first-order chi connectivity index (χ1) is 10.3. The molecule has 2 aromatic rings. The molecule has 1 aromatic heterocycles. The Morgan fingerprint density at radius 1 is 1.43 bits per heavy atom. The third-order valence-corrected chi connectivity index (χ3v) is 3.82. The number of carbonyl (C=O) groups is 1. The number of nitrogens with zero attached hydrogens (tertiary/aromatic N) is 2. The Morgan fingerprint density at radius 3 is 2.70 bits per heavy atom. The lowest BCUT2D eigenvalue weighted by molar-refractivity contribution is -0.120. The zero-order valence-electron chi connectivity index (χ0n) is 13.5. The topological polar surface area (TPSA) is 72.9 Å². The highest BCUT2D eigenvalue weighted by atomic mass is 35.5. The van der Waals surface area contributed by atoms with Crippen molar-refractivity contribution in [3.05, 3.63) is 41.0 Å². The number of anilines is 1. The maximum Gasteiger partial charge on any atom is 0.245 e. The molecule has 0 aliphatic rings. The number of rotatable bonds is 5. The summed E-state index contributed by atoms with van der Waals surface area (Å²) in [6.45, 7) is 5.62. The maximum absolute atomic E-state index is 12.2. The molecule has 0 fully saturated rings. The molecule has 0 aliphatic carbocycles. The van der Waals surface area contributed by atoms with Crippen molar-refractivity contribution < 1.29 is 4.79 Å². The number of nitrogens with two attached hydrogens (primary N) is 1. The van der Waals surface area contributed by atoms with E-state index < -0.39 is 5.54 Å². The SMILES string of the molecule is CCCC(C)(N)C(=O)Nc1cc(C)n(-c2ccccc2Cl)n1.Cl. The van der Waals surface area contributed by atoms with Crippen LogP contribution < -0.4 is 11.1 Å². The summed E-state index contributed by atoms with van der Waals surface area (Å²) in [5.41, 5.74) is 6.77. The van der Waals surface area contributed by atoms with Gasteiger partial charge in [0.05, 0.1) is 16.2 Å². The van der Waals surface area contributed by atoms with Crippen molar-refractivity contribution in [3.8, 4) is 5.69 Å². The van der Waals surface area contributed by atoms with Gasteiger partial charge in [-0.2, -0.15) is 0 Å². The van der Waals surface area contributed by atoms with Crippen LogP contribution in [0.4, 0.5) is 5.82 Å². The fourth-order valence-corrected chi connectivity index (χ4v) is 2.51. The Bertz CT molecular complexity index is 682. The smallest absolute Gasteiger partial charge is 0.245 e. The van der Waals surface area contributed by atoms with Crippen molar-refractivity contribution in [2.75, 3.05) is 5.32 Å². The largest absolute Gasteiger partial charge is 0.318 e. The Kier molecular flexibility index (Phi) is 6.62. The molecule has 1 aromatic carbocycles. The molecule has 0 aliphatic heterocycles. The van der Waals surface area contributed by atoms with Crippen LogP contribution >= 0.6 is 24.0 Å². The lowest BCUT2D eigenvalue weighted by Crippen LogP contribution is -2.48. The predicted molar refractivity (Wildman–Crippen MR) is 96.7 cm³/mol. The second kappa shape index (κ2) is 7.81. The first-order valence-corrected chi connectivity index (χ1v) is 7.65. The molecule has 23 heavy (non-hydrogen) atoms. The molecular formula is C16H22Cl2N4O. The minimum absolute atomic E-state index is 0. The first-order valence-electron chi connectivity index (χ1n) is 7.27. The summed E-state index contributed by atoms with van der Waals surface area (Å²) in [6.07, 6.45) is 1.45. The van der Waals surface area contributed by atoms with Crippen LogP contribution in [-0.2, 0) is 4.79 Å². The molecule has 0 bridgehead atoms. The number of hydrogen-bond acceptors (Lipinski definition) is 3. The van der Waals surface area contributed by atoms with Crippen LogP contribution in [0.5, 0.6) is 0 Å². The van der Waals surface area contributed by atoms with Gasteiger partial charge in [0.1, 0.15) is 0 Å². The lowest BCUT2D eigenvalue weighted by atomic mass is 9.97. The third-order valence-electron chi connectivity index (χ3n) is 3.50. The van der Waals surface area contributed by atoms with Gasteiger partial charge in [-0.25, -0.2) is 4.68 Å². The summed E-state index contributed by atoms with van der Waals surface area (Å²) < 4.78 is 1.70. The third kappa shape index (κ3) is 4.47. The van der Waals surface area contributed by atoms with Crippen molar-refractivity contribution in [1.82, 2.24) is 9.78 Å². The number of para-hydroxylation sites is 1. The highest BCUT2D eigenvalue weighted by Gasteiger charge is 2.27. The molecular weight excluding hydrogens is 335 g/mol. The molecule has 1 unspecified atom stereocenters. The van der Waals surface area contributed by atoms with E-state index in [1.807, 2.05) is 32.0 Å². The number of aromatic nitrogens is 2. The number of carbonyl (C=O) groups excluding carboxylic acids is 1. The number of amides is 1. The van der Waals surface area contributed by atoms with Crippen molar-refractivity contribution in [2.45, 2.75) is 39.2 Å². The van der Waals surface area contributed by atoms with Gasteiger partial charge < -0.3 is 11.1 Å². The standard InChI is InChI=1S/C16H21ClN4O.ClH/c1-4-9-16(3,18)15(22)19-14-10-11(2)21(20-14)13-8-6-5-7-12(13)17;/h5-8,10H,4,9,18H2,1-3H3,(H,19,20,22);1H. The number of nitrogens with one attached hydrogen (secondary N) is 1. The molecule has 5 nitrogen and oxygen atoms in total. The number of benzene rings is 1. The summed E-state index contributed by atoms with van der Waals surface area (Å²) in [5.74, 6) is 0.230. The van der Waals surface area contributed by atoms with Gasteiger partial charge in [-0.05, 0) is 32.4 Å². The molecule has 7 heteroatoms. The fourth-order valence-electron chi connectivity index (χ4n) is 2.29. The van der Waals surface area contributed by atoms with E-state index in [0.29, 0.717) is 17.3 Å². The van der Waals surface area contributed by atoms with Crippen molar-refractivity contribution in [2.24, 2.45) is 5.73 Å². The normalized spacial score (nSPS) is 13.1. The minimum Gasteiger partial charge on any atom is -0.318 e. The highest BCUT2D eigenvalue weighted by Crippen LogP contribution is 2.23. The summed E-state index contributed by atoms with van der Waals surface area (Å²) >= 11 is 6.19. The van der Waals surface area contributed by atoms with E-state index in [4.69, 9.17) is 17.3 Å². The van der Waals surface area contributed by atoms with E-state index in [-0.39, 0.29) is 18.3 Å². The molecule has 2 rings (SSSR count). The van der Waals surface area contributed by atoms with Gasteiger partial charge in [-0.3, -0.25) is 4.79 Å². The monoisotopic (exact) mass is 356 g/mol. The second-order valence-corrected chi connectivity index (χ2v) is 6.06. The zero-order chi connectivity index (χ0) is 16.3. The number of hydrogen-bond donors (Lipinski definition) is 2. The van der Waals surface area contributed by atoms with Crippen LogP contribution in [0.3, 0.4) is 0 Å².